The van der Waals surface area contributed by atoms with Gasteiger partial charge >= 0.3 is 0 Å². The first-order valence-corrected chi connectivity index (χ1v) is 10.2. The Labute approximate surface area is 119 Å². The topological polar surface area (TPSA) is 18.5 Å². The average molecular weight is 280 g/mol. The van der Waals surface area contributed by atoms with E-state index in [1.807, 2.05) is 6.07 Å². The fourth-order valence-corrected chi connectivity index (χ4v) is 6.11. The molecule has 0 aliphatic heterocycles. The van der Waals surface area contributed by atoms with Gasteiger partial charge < -0.3 is 9.47 Å². The van der Waals surface area contributed by atoms with Gasteiger partial charge in [-0.1, -0.05) is 51.0 Å². The molecule has 3 heteroatoms. The van der Waals surface area contributed by atoms with Crippen molar-refractivity contribution in [3.05, 3.63) is 23.8 Å². The molecule has 1 aromatic rings. The lowest BCUT2D eigenvalue weighted by molar-refractivity contribution is 0.354. The van der Waals surface area contributed by atoms with Crippen LogP contribution in [0.5, 0.6) is 11.5 Å². The number of aryl methyl sites for hydroxylation is 1. The second-order valence-corrected chi connectivity index (χ2v) is 10.9. The van der Waals surface area contributed by atoms with E-state index in [1.165, 1.54) is 36.2 Å². The van der Waals surface area contributed by atoms with E-state index >= 15 is 0 Å². The van der Waals surface area contributed by atoms with Crippen LogP contribution < -0.4 is 9.47 Å². The summed E-state index contributed by atoms with van der Waals surface area (Å²) in [7, 11) is 2.36. The molecule has 0 N–H and O–H groups in total. The van der Waals surface area contributed by atoms with Crippen molar-refractivity contribution in [3.8, 4) is 11.5 Å². The zero-order chi connectivity index (χ0) is 14.3. The second kappa shape index (κ2) is 7.58. The van der Waals surface area contributed by atoms with E-state index in [2.05, 4.69) is 32.9 Å². The number of ether oxygens (including phenoxy) is 2. The molecule has 0 aromatic heterocycles. The van der Waals surface area contributed by atoms with Crippen LogP contribution in [-0.4, -0.2) is 22.3 Å². The Hall–Kier alpha value is -0.963. The molecule has 0 fully saturated rings. The summed E-state index contributed by atoms with van der Waals surface area (Å²) in [5, 5.41) is 0. The number of benzene rings is 1. The molecule has 0 atom stereocenters. The fourth-order valence-electron chi connectivity index (χ4n) is 2.73. The Balaban J connectivity index is 2.77. The van der Waals surface area contributed by atoms with Crippen molar-refractivity contribution < 1.29 is 9.47 Å². The molecule has 1 aromatic carbocycles. The summed E-state index contributed by atoms with van der Waals surface area (Å²) in [4.78, 5) is 0. The van der Waals surface area contributed by atoms with E-state index < -0.39 is 8.07 Å². The third-order valence-corrected chi connectivity index (χ3v) is 10.5. The maximum atomic E-state index is 5.37. The van der Waals surface area contributed by atoms with Gasteiger partial charge in [0.05, 0.1) is 22.3 Å². The van der Waals surface area contributed by atoms with Gasteiger partial charge in [-0.25, -0.2) is 0 Å². The predicted octanol–water partition coefficient (Wildman–Crippen LogP) is 4.75. The molecule has 0 radical (unpaired) electrons. The van der Waals surface area contributed by atoms with E-state index in [9.17, 15) is 0 Å². The van der Waals surface area contributed by atoms with Crippen molar-refractivity contribution in [2.24, 2.45) is 0 Å². The van der Waals surface area contributed by atoms with Gasteiger partial charge in [-0.2, -0.15) is 0 Å². The highest BCUT2D eigenvalue weighted by atomic mass is 28.3. The predicted molar refractivity (Wildman–Crippen MR) is 85.3 cm³/mol. The minimum Gasteiger partial charge on any atom is -0.493 e. The van der Waals surface area contributed by atoms with Crippen LogP contribution in [0.4, 0.5) is 0 Å². The van der Waals surface area contributed by atoms with Gasteiger partial charge in [-0.15, -0.1) is 0 Å². The first-order chi connectivity index (χ1) is 9.14. The summed E-state index contributed by atoms with van der Waals surface area (Å²) in [6.07, 6.45) is 1.17. The lowest BCUT2D eigenvalue weighted by Crippen LogP contribution is -2.31. The SMILES string of the molecule is CC[Si](CC)(CC)CCc1ccc(OC)c(OC)c1. The molecular formula is C16H28O2Si. The van der Waals surface area contributed by atoms with Gasteiger partial charge in [-0.05, 0) is 24.1 Å². The van der Waals surface area contributed by atoms with Crippen molar-refractivity contribution in [1.29, 1.82) is 0 Å². The van der Waals surface area contributed by atoms with Crippen LogP contribution in [0, 0.1) is 0 Å². The highest BCUT2D eigenvalue weighted by Crippen LogP contribution is 2.31. The molecule has 0 aliphatic carbocycles. The molecule has 0 heterocycles. The quantitative estimate of drug-likeness (QED) is 0.639. The van der Waals surface area contributed by atoms with Crippen molar-refractivity contribution in [1.82, 2.24) is 0 Å². The van der Waals surface area contributed by atoms with E-state index in [-0.39, 0.29) is 0 Å². The highest BCUT2D eigenvalue weighted by molar-refractivity contribution is 6.79. The molecule has 0 spiro atoms. The van der Waals surface area contributed by atoms with Crippen molar-refractivity contribution >= 4 is 8.07 Å². The zero-order valence-electron chi connectivity index (χ0n) is 13.1. The standard InChI is InChI=1S/C16H28O2Si/c1-6-19(7-2,8-3)12-11-14-9-10-15(17-4)16(13-14)18-5/h9-10,13H,6-8,11-12H2,1-5H3. The molecule has 19 heavy (non-hydrogen) atoms. The summed E-state index contributed by atoms with van der Waals surface area (Å²) in [5.41, 5.74) is 1.37. The van der Waals surface area contributed by atoms with Gasteiger partial charge in [0.2, 0.25) is 0 Å². The zero-order valence-corrected chi connectivity index (χ0v) is 14.1. The van der Waals surface area contributed by atoms with Crippen molar-refractivity contribution in [3.63, 3.8) is 0 Å². The average Bonchev–Trinajstić information content (AvgIpc) is 2.49. The summed E-state index contributed by atoms with van der Waals surface area (Å²) in [6, 6.07) is 11.9. The number of methoxy groups -OCH3 is 2. The molecule has 0 bridgehead atoms. The number of rotatable bonds is 8. The van der Waals surface area contributed by atoms with E-state index in [1.54, 1.807) is 14.2 Å². The van der Waals surface area contributed by atoms with Crippen LogP contribution in [0.25, 0.3) is 0 Å². The normalized spacial score (nSPS) is 11.4. The Bertz CT molecular complexity index is 378. The molecule has 2 nitrogen and oxygen atoms in total. The molecular weight excluding hydrogens is 252 g/mol. The molecule has 0 amide bonds. The van der Waals surface area contributed by atoms with Gasteiger partial charge in [-0.3, -0.25) is 0 Å². The Morgan fingerprint density at radius 3 is 1.95 bits per heavy atom. The third-order valence-electron chi connectivity index (χ3n) is 4.64. The number of hydrogen-bond donors (Lipinski definition) is 0. The van der Waals surface area contributed by atoms with Crippen LogP contribution >= 0.6 is 0 Å². The number of hydrogen-bond acceptors (Lipinski definition) is 2. The van der Waals surface area contributed by atoms with Crippen LogP contribution in [0.15, 0.2) is 18.2 Å². The van der Waals surface area contributed by atoms with Crippen LogP contribution in [0.1, 0.15) is 26.3 Å². The van der Waals surface area contributed by atoms with E-state index in [4.69, 9.17) is 9.47 Å². The van der Waals surface area contributed by atoms with E-state index in [0.29, 0.717) is 0 Å². The Morgan fingerprint density at radius 1 is 0.895 bits per heavy atom. The highest BCUT2D eigenvalue weighted by Gasteiger charge is 2.25. The van der Waals surface area contributed by atoms with Crippen molar-refractivity contribution in [2.75, 3.05) is 14.2 Å². The fraction of sp³-hybridized carbons (Fsp3) is 0.625. The van der Waals surface area contributed by atoms with Crippen molar-refractivity contribution in [2.45, 2.75) is 51.4 Å². The van der Waals surface area contributed by atoms with Crippen LogP contribution in [0.3, 0.4) is 0 Å². The lowest BCUT2D eigenvalue weighted by Gasteiger charge is -2.28. The first kappa shape index (κ1) is 16.1. The summed E-state index contributed by atoms with van der Waals surface area (Å²) >= 11 is 0. The van der Waals surface area contributed by atoms with Gasteiger partial charge in [0, 0.05) is 0 Å². The second-order valence-electron chi connectivity index (χ2n) is 5.25. The maximum Gasteiger partial charge on any atom is 0.160 e. The summed E-state index contributed by atoms with van der Waals surface area (Å²) in [6.45, 7) is 7.11. The van der Waals surface area contributed by atoms with Gasteiger partial charge in [0.25, 0.3) is 0 Å². The molecule has 0 aliphatic rings. The van der Waals surface area contributed by atoms with Gasteiger partial charge in [0.1, 0.15) is 0 Å². The Morgan fingerprint density at radius 2 is 1.47 bits per heavy atom. The minimum atomic E-state index is -1.02. The molecule has 0 unspecified atom stereocenters. The minimum absolute atomic E-state index is 0.816. The monoisotopic (exact) mass is 280 g/mol. The van der Waals surface area contributed by atoms with Crippen LogP contribution in [-0.2, 0) is 6.42 Å². The van der Waals surface area contributed by atoms with Crippen LogP contribution in [0.2, 0.25) is 24.2 Å². The lowest BCUT2D eigenvalue weighted by atomic mass is 10.1. The van der Waals surface area contributed by atoms with Gasteiger partial charge in [0.15, 0.2) is 11.5 Å². The molecule has 108 valence electrons. The molecule has 0 saturated carbocycles. The van der Waals surface area contributed by atoms with E-state index in [0.717, 1.165) is 11.5 Å². The summed E-state index contributed by atoms with van der Waals surface area (Å²) < 4.78 is 10.7. The molecule has 1 rings (SSSR count). The first-order valence-electron chi connectivity index (χ1n) is 7.35. The summed E-state index contributed by atoms with van der Waals surface area (Å²) in [5.74, 6) is 1.66. The third kappa shape index (κ3) is 4.00. The smallest absolute Gasteiger partial charge is 0.160 e. The maximum absolute atomic E-state index is 5.37. The Kier molecular flexibility index (Phi) is 6.42. The largest absolute Gasteiger partial charge is 0.493 e. The molecule has 0 saturated heterocycles.